The number of hydrogen-bond acceptors (Lipinski definition) is 3. The van der Waals surface area contributed by atoms with Gasteiger partial charge in [0, 0.05) is 6.54 Å². The maximum atomic E-state index is 12.5. The van der Waals surface area contributed by atoms with Crippen molar-refractivity contribution in [2.24, 2.45) is 0 Å². The number of carbonyl (C=O) groups is 1. The fourth-order valence-electron chi connectivity index (χ4n) is 2.87. The largest absolute Gasteiger partial charge is 0.388 e. The number of benzene rings is 1. The van der Waals surface area contributed by atoms with Crippen LogP contribution in [0, 0.1) is 0 Å². The summed E-state index contributed by atoms with van der Waals surface area (Å²) in [5.41, 5.74) is 0.0676. The Labute approximate surface area is 124 Å². The van der Waals surface area contributed by atoms with Crippen LogP contribution >= 0.6 is 11.8 Å². The SMILES string of the molecule is O=C(NCC1(O)CCSCC1)C1(c2ccccc2)CC1. The molecular weight excluding hydrogens is 270 g/mol. The number of amides is 1. The first-order valence-electron chi connectivity index (χ1n) is 7.29. The van der Waals surface area contributed by atoms with Crippen LogP contribution in [0.3, 0.4) is 0 Å². The number of rotatable bonds is 4. The summed E-state index contributed by atoms with van der Waals surface area (Å²) in [6.45, 7) is 0.390. The number of carbonyl (C=O) groups excluding carboxylic acids is 1. The molecule has 1 saturated heterocycles. The minimum atomic E-state index is -0.701. The molecule has 4 heteroatoms. The molecule has 0 bridgehead atoms. The minimum absolute atomic E-state index is 0.0790. The predicted octanol–water partition coefficient (Wildman–Crippen LogP) is 2.09. The van der Waals surface area contributed by atoms with Crippen molar-refractivity contribution < 1.29 is 9.90 Å². The molecule has 0 atom stereocenters. The highest BCUT2D eigenvalue weighted by Gasteiger charge is 2.51. The molecule has 0 spiro atoms. The summed E-state index contributed by atoms with van der Waals surface area (Å²) in [5.74, 6) is 2.04. The van der Waals surface area contributed by atoms with Gasteiger partial charge in [-0.25, -0.2) is 0 Å². The molecule has 1 aromatic rings. The van der Waals surface area contributed by atoms with Crippen molar-refractivity contribution in [3.63, 3.8) is 0 Å². The number of nitrogens with one attached hydrogen (secondary N) is 1. The molecule has 3 nitrogen and oxygen atoms in total. The zero-order valence-corrected chi connectivity index (χ0v) is 12.4. The number of aliphatic hydroxyl groups is 1. The molecule has 2 fully saturated rings. The van der Waals surface area contributed by atoms with E-state index in [0.29, 0.717) is 6.54 Å². The Bertz CT molecular complexity index is 479. The maximum Gasteiger partial charge on any atom is 0.230 e. The molecule has 108 valence electrons. The van der Waals surface area contributed by atoms with Crippen LogP contribution in [0.1, 0.15) is 31.2 Å². The predicted molar refractivity (Wildman–Crippen MR) is 81.9 cm³/mol. The van der Waals surface area contributed by atoms with E-state index in [1.165, 1.54) is 0 Å². The highest BCUT2D eigenvalue weighted by atomic mass is 32.2. The molecule has 1 aromatic carbocycles. The molecule has 2 aliphatic rings. The molecule has 0 radical (unpaired) electrons. The van der Waals surface area contributed by atoms with Gasteiger partial charge in [0.25, 0.3) is 0 Å². The Morgan fingerprint density at radius 3 is 2.40 bits per heavy atom. The Balaban J connectivity index is 1.62. The van der Waals surface area contributed by atoms with Gasteiger partial charge in [0.2, 0.25) is 5.91 Å². The van der Waals surface area contributed by atoms with Crippen LogP contribution in [0.5, 0.6) is 0 Å². The van der Waals surface area contributed by atoms with Crippen molar-refractivity contribution >= 4 is 17.7 Å². The van der Waals surface area contributed by atoms with Crippen molar-refractivity contribution in [1.82, 2.24) is 5.32 Å². The Kier molecular flexibility index (Phi) is 3.78. The molecule has 0 unspecified atom stereocenters. The first-order valence-corrected chi connectivity index (χ1v) is 8.44. The second-order valence-electron chi connectivity index (χ2n) is 5.97. The Morgan fingerprint density at radius 1 is 1.15 bits per heavy atom. The van der Waals surface area contributed by atoms with Crippen molar-refractivity contribution in [2.75, 3.05) is 18.1 Å². The Morgan fingerprint density at radius 2 is 1.80 bits per heavy atom. The van der Waals surface area contributed by atoms with Gasteiger partial charge in [-0.3, -0.25) is 4.79 Å². The molecule has 0 aromatic heterocycles. The van der Waals surface area contributed by atoms with Gasteiger partial charge in [-0.1, -0.05) is 30.3 Å². The van der Waals surface area contributed by atoms with Gasteiger partial charge in [0.15, 0.2) is 0 Å². The summed E-state index contributed by atoms with van der Waals surface area (Å²) in [4.78, 5) is 12.5. The van der Waals surface area contributed by atoms with E-state index in [9.17, 15) is 9.90 Å². The van der Waals surface area contributed by atoms with E-state index < -0.39 is 5.60 Å². The van der Waals surface area contributed by atoms with E-state index in [0.717, 1.165) is 42.8 Å². The second kappa shape index (κ2) is 5.41. The Hall–Kier alpha value is -1.00. The molecular formula is C16H21NO2S. The molecule has 1 aliphatic heterocycles. The van der Waals surface area contributed by atoms with E-state index in [-0.39, 0.29) is 11.3 Å². The molecule has 1 aliphatic carbocycles. The maximum absolute atomic E-state index is 12.5. The first kappa shape index (κ1) is 14.0. The molecule has 20 heavy (non-hydrogen) atoms. The van der Waals surface area contributed by atoms with Crippen molar-refractivity contribution in [3.8, 4) is 0 Å². The molecule has 1 heterocycles. The van der Waals surface area contributed by atoms with Gasteiger partial charge in [0.05, 0.1) is 11.0 Å². The summed E-state index contributed by atoms with van der Waals surface area (Å²) in [6, 6.07) is 9.99. The highest BCUT2D eigenvalue weighted by molar-refractivity contribution is 7.99. The third kappa shape index (κ3) is 2.72. The van der Waals surface area contributed by atoms with Crippen LogP contribution < -0.4 is 5.32 Å². The lowest BCUT2D eigenvalue weighted by atomic mass is 9.93. The zero-order valence-electron chi connectivity index (χ0n) is 11.6. The van der Waals surface area contributed by atoms with E-state index in [1.54, 1.807) is 0 Å². The number of thioether (sulfide) groups is 1. The van der Waals surface area contributed by atoms with Gasteiger partial charge < -0.3 is 10.4 Å². The van der Waals surface area contributed by atoms with E-state index in [2.05, 4.69) is 5.32 Å². The first-order chi connectivity index (χ1) is 9.65. The van der Waals surface area contributed by atoms with Crippen molar-refractivity contribution in [2.45, 2.75) is 36.7 Å². The topological polar surface area (TPSA) is 49.3 Å². The third-order valence-corrected chi connectivity index (χ3v) is 5.50. The van der Waals surface area contributed by atoms with E-state index in [1.807, 2.05) is 42.1 Å². The summed E-state index contributed by atoms with van der Waals surface area (Å²) in [7, 11) is 0. The summed E-state index contributed by atoms with van der Waals surface area (Å²) in [5, 5.41) is 13.4. The normalized spacial score (nSPS) is 23.1. The zero-order chi connectivity index (χ0) is 14.1. The lowest BCUT2D eigenvalue weighted by Crippen LogP contribution is -2.47. The smallest absolute Gasteiger partial charge is 0.230 e. The monoisotopic (exact) mass is 291 g/mol. The van der Waals surface area contributed by atoms with Gasteiger partial charge in [-0.15, -0.1) is 0 Å². The van der Waals surface area contributed by atoms with Crippen molar-refractivity contribution in [1.29, 1.82) is 0 Å². The lowest BCUT2D eigenvalue weighted by Gasteiger charge is -2.32. The average molecular weight is 291 g/mol. The summed E-state index contributed by atoms with van der Waals surface area (Å²) < 4.78 is 0. The van der Waals surface area contributed by atoms with E-state index >= 15 is 0 Å². The highest BCUT2D eigenvalue weighted by Crippen LogP contribution is 2.48. The van der Waals surface area contributed by atoms with Crippen molar-refractivity contribution in [3.05, 3.63) is 35.9 Å². The third-order valence-electron chi connectivity index (χ3n) is 4.51. The fourth-order valence-corrected chi connectivity index (χ4v) is 4.12. The van der Waals surface area contributed by atoms with Crippen LogP contribution in [0.2, 0.25) is 0 Å². The van der Waals surface area contributed by atoms with Crippen LogP contribution in [-0.4, -0.2) is 34.7 Å². The molecule has 3 rings (SSSR count). The van der Waals surface area contributed by atoms with Gasteiger partial charge in [0.1, 0.15) is 0 Å². The molecule has 2 N–H and O–H groups in total. The fraction of sp³-hybridized carbons (Fsp3) is 0.562. The van der Waals surface area contributed by atoms with Gasteiger partial charge in [-0.2, -0.15) is 11.8 Å². The summed E-state index contributed by atoms with van der Waals surface area (Å²) >= 11 is 1.87. The minimum Gasteiger partial charge on any atom is -0.388 e. The second-order valence-corrected chi connectivity index (χ2v) is 7.19. The van der Waals surface area contributed by atoms with Crippen LogP contribution in [0.15, 0.2) is 30.3 Å². The van der Waals surface area contributed by atoms with E-state index in [4.69, 9.17) is 0 Å². The average Bonchev–Trinajstić information content (AvgIpc) is 3.28. The number of hydrogen-bond donors (Lipinski definition) is 2. The summed E-state index contributed by atoms with van der Waals surface area (Å²) in [6.07, 6.45) is 3.38. The standard InChI is InChI=1S/C16H21NO2S/c18-14(17-12-15(19)8-10-20-11-9-15)16(6-7-16)13-4-2-1-3-5-13/h1-5,19H,6-12H2,(H,17,18). The molecule has 1 saturated carbocycles. The van der Waals surface area contributed by atoms with Gasteiger partial charge in [-0.05, 0) is 42.8 Å². The lowest BCUT2D eigenvalue weighted by molar-refractivity contribution is -0.125. The van der Waals surface area contributed by atoms with Crippen LogP contribution in [0.25, 0.3) is 0 Å². The van der Waals surface area contributed by atoms with Crippen LogP contribution in [0.4, 0.5) is 0 Å². The van der Waals surface area contributed by atoms with Crippen LogP contribution in [-0.2, 0) is 10.2 Å². The molecule has 1 amide bonds. The van der Waals surface area contributed by atoms with Gasteiger partial charge >= 0.3 is 0 Å². The quantitative estimate of drug-likeness (QED) is 0.893.